The fourth-order valence-electron chi connectivity index (χ4n) is 1.33. The van der Waals surface area contributed by atoms with Crippen LogP contribution in [0.25, 0.3) is 5.78 Å². The van der Waals surface area contributed by atoms with Gasteiger partial charge in [-0.1, -0.05) is 0 Å². The minimum atomic E-state index is -1.18. The molecule has 0 fully saturated rings. The topological polar surface area (TPSA) is 119 Å². The maximum atomic E-state index is 11.7. The third-order valence-corrected chi connectivity index (χ3v) is 2.15. The zero-order valence-corrected chi connectivity index (χ0v) is 9.32. The van der Waals surface area contributed by atoms with Crippen LogP contribution in [0.15, 0.2) is 12.5 Å². The number of nitrogens with zero attached hydrogens (tertiary/aromatic N) is 4. The summed E-state index contributed by atoms with van der Waals surface area (Å²) in [4.78, 5) is 34.2. The number of carbonyl (C=O) groups excluding carboxylic acids is 1. The van der Waals surface area contributed by atoms with Gasteiger partial charge in [-0.2, -0.15) is 10.1 Å². The number of nitrogens with one attached hydrogen (secondary N) is 1. The maximum absolute atomic E-state index is 11.7. The Balaban J connectivity index is 2.17. The van der Waals surface area contributed by atoms with Crippen molar-refractivity contribution in [2.75, 3.05) is 6.61 Å². The lowest BCUT2D eigenvalue weighted by Gasteiger charge is -2.06. The molecule has 18 heavy (non-hydrogen) atoms. The second kappa shape index (κ2) is 4.75. The quantitative estimate of drug-likeness (QED) is 0.681. The molecular formula is C9H9N5O4. The van der Waals surface area contributed by atoms with Gasteiger partial charge in [0.2, 0.25) is 0 Å². The van der Waals surface area contributed by atoms with Crippen molar-refractivity contribution in [2.24, 2.45) is 0 Å². The van der Waals surface area contributed by atoms with Crippen LogP contribution in [0, 0.1) is 6.92 Å². The van der Waals surface area contributed by atoms with Crippen molar-refractivity contribution in [1.29, 1.82) is 0 Å². The van der Waals surface area contributed by atoms with Crippen LogP contribution in [-0.4, -0.2) is 43.2 Å². The monoisotopic (exact) mass is 251 g/mol. The van der Waals surface area contributed by atoms with E-state index in [0.29, 0.717) is 11.5 Å². The number of hydroxylamine groups is 1. The van der Waals surface area contributed by atoms with Crippen LogP contribution in [0.3, 0.4) is 0 Å². The van der Waals surface area contributed by atoms with Gasteiger partial charge in [-0.05, 0) is 6.92 Å². The van der Waals surface area contributed by atoms with Crippen molar-refractivity contribution in [2.45, 2.75) is 6.92 Å². The van der Waals surface area contributed by atoms with Crippen LogP contribution in [0.5, 0.6) is 0 Å². The van der Waals surface area contributed by atoms with Crippen molar-refractivity contribution in [3.8, 4) is 0 Å². The summed E-state index contributed by atoms with van der Waals surface area (Å²) in [7, 11) is 0. The van der Waals surface area contributed by atoms with Crippen LogP contribution >= 0.6 is 0 Å². The molecule has 2 N–H and O–H groups in total. The van der Waals surface area contributed by atoms with Crippen LogP contribution in [0.2, 0.25) is 0 Å². The molecule has 0 spiro atoms. The van der Waals surface area contributed by atoms with Crippen molar-refractivity contribution in [1.82, 2.24) is 25.1 Å². The Hall–Kier alpha value is -2.55. The molecule has 2 aromatic heterocycles. The first-order valence-electron chi connectivity index (χ1n) is 4.89. The molecule has 1 amide bonds. The Kier molecular flexibility index (Phi) is 3.15. The summed E-state index contributed by atoms with van der Waals surface area (Å²) in [5.41, 5.74) is 2.75. The molecule has 2 aromatic rings. The second-order valence-corrected chi connectivity index (χ2v) is 3.34. The summed E-state index contributed by atoms with van der Waals surface area (Å²) in [6, 6.07) is 0. The number of aliphatic carboxylic acids is 1. The Morgan fingerprint density at radius 2 is 2.28 bits per heavy atom. The summed E-state index contributed by atoms with van der Waals surface area (Å²) in [6.45, 7) is 1.04. The molecule has 0 bridgehead atoms. The Labute approximate surface area is 100 Å². The van der Waals surface area contributed by atoms with Gasteiger partial charge in [0.15, 0.2) is 6.61 Å². The van der Waals surface area contributed by atoms with Gasteiger partial charge in [-0.15, -0.1) is 0 Å². The van der Waals surface area contributed by atoms with Crippen LogP contribution < -0.4 is 5.48 Å². The maximum Gasteiger partial charge on any atom is 0.332 e. The number of hydrogen-bond donors (Lipinski definition) is 2. The molecule has 9 heteroatoms. The van der Waals surface area contributed by atoms with Gasteiger partial charge in [-0.25, -0.2) is 19.8 Å². The molecule has 2 rings (SSSR count). The van der Waals surface area contributed by atoms with Gasteiger partial charge < -0.3 is 5.11 Å². The highest BCUT2D eigenvalue weighted by molar-refractivity contribution is 5.94. The van der Waals surface area contributed by atoms with Crippen molar-refractivity contribution >= 4 is 17.7 Å². The van der Waals surface area contributed by atoms with Gasteiger partial charge in [0.1, 0.15) is 6.33 Å². The van der Waals surface area contributed by atoms with E-state index in [0.717, 1.165) is 0 Å². The van der Waals surface area contributed by atoms with Crippen molar-refractivity contribution in [3.63, 3.8) is 0 Å². The van der Waals surface area contributed by atoms with Gasteiger partial charge in [0, 0.05) is 6.20 Å². The van der Waals surface area contributed by atoms with Crippen molar-refractivity contribution in [3.05, 3.63) is 23.8 Å². The largest absolute Gasteiger partial charge is 0.479 e. The highest BCUT2D eigenvalue weighted by atomic mass is 16.7. The van der Waals surface area contributed by atoms with Gasteiger partial charge >= 0.3 is 5.97 Å². The first-order valence-corrected chi connectivity index (χ1v) is 4.89. The molecule has 0 aliphatic rings. The number of rotatable bonds is 4. The first kappa shape index (κ1) is 11.9. The number of fused-ring (bicyclic) bond motifs is 1. The molecule has 0 atom stereocenters. The van der Waals surface area contributed by atoms with E-state index in [-0.39, 0.29) is 5.56 Å². The van der Waals surface area contributed by atoms with E-state index in [1.807, 2.05) is 5.48 Å². The fraction of sp³-hybridized carbons (Fsp3) is 0.222. The van der Waals surface area contributed by atoms with E-state index in [1.165, 1.54) is 17.0 Å². The minimum Gasteiger partial charge on any atom is -0.479 e. The average Bonchev–Trinajstić information content (AvgIpc) is 2.77. The molecule has 0 aliphatic carbocycles. The first-order chi connectivity index (χ1) is 8.59. The predicted molar refractivity (Wildman–Crippen MR) is 56.6 cm³/mol. The molecule has 0 aromatic carbocycles. The van der Waals surface area contributed by atoms with Crippen LogP contribution in [0.1, 0.15) is 16.1 Å². The van der Waals surface area contributed by atoms with E-state index >= 15 is 0 Å². The number of amides is 1. The lowest BCUT2D eigenvalue weighted by Crippen LogP contribution is -2.28. The number of carboxylic acid groups (broad SMARTS) is 1. The average molecular weight is 251 g/mol. The Morgan fingerprint density at radius 1 is 1.50 bits per heavy atom. The fourth-order valence-corrected chi connectivity index (χ4v) is 1.33. The van der Waals surface area contributed by atoms with E-state index in [2.05, 4.69) is 19.9 Å². The van der Waals surface area contributed by atoms with E-state index in [9.17, 15) is 9.59 Å². The third kappa shape index (κ3) is 2.25. The molecular weight excluding hydrogens is 242 g/mol. The number of aromatic nitrogens is 4. The summed E-state index contributed by atoms with van der Waals surface area (Å²) in [6.07, 6.45) is 2.64. The lowest BCUT2D eigenvalue weighted by molar-refractivity contribution is -0.144. The standard InChI is InChI=1S/C9H9N5O4/c1-5-6(8(17)13-18-3-7(15)16)2-10-9-11-4-12-14(5)9/h2,4H,3H2,1H3,(H,13,17)(H,15,16). The Bertz CT molecular complexity index is 608. The molecule has 2 heterocycles. The van der Waals surface area contributed by atoms with E-state index < -0.39 is 18.5 Å². The van der Waals surface area contributed by atoms with Gasteiger partial charge in [-0.3, -0.25) is 9.63 Å². The van der Waals surface area contributed by atoms with E-state index in [4.69, 9.17) is 5.11 Å². The highest BCUT2D eigenvalue weighted by Gasteiger charge is 2.14. The number of carbonyl (C=O) groups is 2. The van der Waals surface area contributed by atoms with Crippen LogP contribution in [-0.2, 0) is 9.63 Å². The SMILES string of the molecule is Cc1c(C(=O)NOCC(=O)O)cnc2ncnn12. The molecule has 0 saturated heterocycles. The van der Waals surface area contributed by atoms with Gasteiger partial charge in [0.25, 0.3) is 11.7 Å². The van der Waals surface area contributed by atoms with Gasteiger partial charge in [0.05, 0.1) is 11.3 Å². The predicted octanol–water partition coefficient (Wildman–Crippen LogP) is -0.821. The summed E-state index contributed by atoms with van der Waals surface area (Å²) in [5, 5.41) is 12.3. The number of carboxylic acids is 1. The van der Waals surface area contributed by atoms with E-state index in [1.54, 1.807) is 6.92 Å². The molecule has 0 unspecified atom stereocenters. The summed E-state index contributed by atoms with van der Waals surface area (Å²) in [5.74, 6) is -1.41. The molecule has 9 nitrogen and oxygen atoms in total. The second-order valence-electron chi connectivity index (χ2n) is 3.34. The highest BCUT2D eigenvalue weighted by Crippen LogP contribution is 2.06. The summed E-state index contributed by atoms with van der Waals surface area (Å²) >= 11 is 0. The smallest absolute Gasteiger partial charge is 0.332 e. The third-order valence-electron chi connectivity index (χ3n) is 2.15. The molecule has 0 aliphatic heterocycles. The number of hydrogen-bond acceptors (Lipinski definition) is 6. The summed E-state index contributed by atoms with van der Waals surface area (Å²) < 4.78 is 1.39. The molecule has 0 radical (unpaired) electrons. The van der Waals surface area contributed by atoms with Crippen LogP contribution in [0.4, 0.5) is 0 Å². The zero-order chi connectivity index (χ0) is 13.1. The number of aryl methyl sites for hydroxylation is 1. The minimum absolute atomic E-state index is 0.221. The van der Waals surface area contributed by atoms with Crippen molar-refractivity contribution < 1.29 is 19.5 Å². The molecule has 94 valence electrons. The molecule has 0 saturated carbocycles. The normalized spacial score (nSPS) is 10.5. The Morgan fingerprint density at radius 3 is 3.00 bits per heavy atom. The lowest BCUT2D eigenvalue weighted by atomic mass is 10.2. The zero-order valence-electron chi connectivity index (χ0n) is 9.32.